The number of anilines is 1. The largest absolute Gasteiger partial charge is 0.378 e. The molecule has 6 rings (SSSR count). The van der Waals surface area contributed by atoms with E-state index in [0.717, 1.165) is 26.3 Å². The molecule has 0 aliphatic carbocycles. The standard InChI is InChI=1S/C28H24N2O/c1-2-8-21(9-3-1)24-18-22-10-4-6-12-25(22)27(19-24)30-26-13-7-5-11-23(26)20-28(30)29-14-16-31-17-15-29/h1-13,18-20H,14-17H2. The lowest BCUT2D eigenvalue weighted by molar-refractivity contribution is 0.122. The minimum absolute atomic E-state index is 0.770. The lowest BCUT2D eigenvalue weighted by Crippen LogP contribution is -2.37. The molecule has 3 nitrogen and oxygen atoms in total. The number of fused-ring (bicyclic) bond motifs is 2. The molecule has 4 aromatic carbocycles. The second kappa shape index (κ2) is 7.60. The Kier molecular flexibility index (Phi) is 4.47. The van der Waals surface area contributed by atoms with Gasteiger partial charge in [0.2, 0.25) is 0 Å². The molecular weight excluding hydrogens is 380 g/mol. The summed E-state index contributed by atoms with van der Waals surface area (Å²) in [5.74, 6) is 1.24. The van der Waals surface area contributed by atoms with Crippen LogP contribution in [0.3, 0.4) is 0 Å². The van der Waals surface area contributed by atoms with Crippen molar-refractivity contribution in [1.82, 2.24) is 4.57 Å². The van der Waals surface area contributed by atoms with Crippen LogP contribution < -0.4 is 4.90 Å². The Labute approximate surface area is 182 Å². The highest BCUT2D eigenvalue weighted by Crippen LogP contribution is 2.36. The first-order valence-corrected chi connectivity index (χ1v) is 10.9. The highest BCUT2D eigenvalue weighted by atomic mass is 16.5. The Morgan fingerprint density at radius 2 is 1.32 bits per heavy atom. The lowest BCUT2D eigenvalue weighted by atomic mass is 9.99. The normalized spacial score (nSPS) is 14.4. The van der Waals surface area contributed by atoms with Gasteiger partial charge in [-0.2, -0.15) is 0 Å². The second-order valence-corrected chi connectivity index (χ2v) is 8.08. The van der Waals surface area contributed by atoms with E-state index in [9.17, 15) is 0 Å². The average molecular weight is 405 g/mol. The van der Waals surface area contributed by atoms with Crippen LogP contribution in [-0.2, 0) is 4.74 Å². The molecule has 1 aromatic heterocycles. The molecule has 31 heavy (non-hydrogen) atoms. The zero-order chi connectivity index (χ0) is 20.6. The molecule has 0 amide bonds. The third kappa shape index (κ3) is 3.18. The molecule has 0 saturated carbocycles. The molecule has 5 aromatic rings. The van der Waals surface area contributed by atoms with Crippen LogP contribution in [0, 0.1) is 0 Å². The number of hydrogen-bond acceptors (Lipinski definition) is 2. The second-order valence-electron chi connectivity index (χ2n) is 8.08. The Morgan fingerprint density at radius 1 is 0.613 bits per heavy atom. The van der Waals surface area contributed by atoms with Crippen molar-refractivity contribution >= 4 is 27.5 Å². The van der Waals surface area contributed by atoms with Crippen molar-refractivity contribution in [3.63, 3.8) is 0 Å². The van der Waals surface area contributed by atoms with Crippen LogP contribution in [0.1, 0.15) is 0 Å². The molecule has 1 aliphatic rings. The Bertz CT molecular complexity index is 1360. The van der Waals surface area contributed by atoms with Crippen LogP contribution in [0.2, 0.25) is 0 Å². The zero-order valence-electron chi connectivity index (χ0n) is 17.4. The van der Waals surface area contributed by atoms with Crippen LogP contribution in [0.5, 0.6) is 0 Å². The van der Waals surface area contributed by atoms with Crippen molar-refractivity contribution in [3.8, 4) is 16.8 Å². The van der Waals surface area contributed by atoms with Crippen LogP contribution in [0.15, 0.2) is 97.1 Å². The van der Waals surface area contributed by atoms with E-state index in [0.29, 0.717) is 0 Å². The average Bonchev–Trinajstić information content (AvgIpc) is 3.24. The van der Waals surface area contributed by atoms with Crippen molar-refractivity contribution in [1.29, 1.82) is 0 Å². The first-order valence-electron chi connectivity index (χ1n) is 10.9. The van der Waals surface area contributed by atoms with Crippen LogP contribution in [0.25, 0.3) is 38.5 Å². The molecule has 3 heteroatoms. The molecule has 0 unspecified atom stereocenters. The number of para-hydroxylation sites is 1. The number of benzene rings is 4. The minimum Gasteiger partial charge on any atom is -0.378 e. The van der Waals surface area contributed by atoms with Gasteiger partial charge >= 0.3 is 0 Å². The monoisotopic (exact) mass is 404 g/mol. The molecule has 1 fully saturated rings. The zero-order valence-corrected chi connectivity index (χ0v) is 17.4. The molecule has 0 bridgehead atoms. The van der Waals surface area contributed by atoms with E-state index in [4.69, 9.17) is 4.74 Å². The predicted octanol–water partition coefficient (Wildman–Crippen LogP) is 6.29. The van der Waals surface area contributed by atoms with Crippen molar-refractivity contribution in [3.05, 3.63) is 97.1 Å². The fourth-order valence-corrected chi connectivity index (χ4v) is 4.69. The molecule has 152 valence electrons. The van der Waals surface area contributed by atoms with Crippen LogP contribution >= 0.6 is 0 Å². The number of aromatic nitrogens is 1. The number of rotatable bonds is 3. The number of morpholine rings is 1. The number of hydrogen-bond donors (Lipinski definition) is 0. The van der Waals surface area contributed by atoms with Crippen LogP contribution in [-0.4, -0.2) is 30.9 Å². The van der Waals surface area contributed by atoms with Gasteiger partial charge in [0.05, 0.1) is 24.4 Å². The highest BCUT2D eigenvalue weighted by Gasteiger charge is 2.20. The first-order chi connectivity index (χ1) is 15.4. The molecule has 1 aliphatic heterocycles. The van der Waals surface area contributed by atoms with Gasteiger partial charge in [0.1, 0.15) is 5.82 Å². The maximum absolute atomic E-state index is 5.64. The number of nitrogens with zero attached hydrogens (tertiary/aromatic N) is 2. The van der Waals surface area contributed by atoms with E-state index >= 15 is 0 Å². The summed E-state index contributed by atoms with van der Waals surface area (Å²) in [5, 5.41) is 3.78. The fourth-order valence-electron chi connectivity index (χ4n) is 4.69. The van der Waals surface area contributed by atoms with Gasteiger partial charge in [0.15, 0.2) is 0 Å². The Morgan fingerprint density at radius 3 is 2.16 bits per heavy atom. The number of ether oxygens (including phenoxy) is 1. The topological polar surface area (TPSA) is 17.4 Å². The van der Waals surface area contributed by atoms with Crippen molar-refractivity contribution in [2.75, 3.05) is 31.2 Å². The van der Waals surface area contributed by atoms with Gasteiger partial charge < -0.3 is 9.64 Å². The van der Waals surface area contributed by atoms with E-state index < -0.39 is 0 Å². The summed E-state index contributed by atoms with van der Waals surface area (Å²) < 4.78 is 8.08. The van der Waals surface area contributed by atoms with E-state index in [1.807, 2.05) is 0 Å². The summed E-state index contributed by atoms with van der Waals surface area (Å²) >= 11 is 0. The predicted molar refractivity (Wildman–Crippen MR) is 129 cm³/mol. The molecule has 2 heterocycles. The SMILES string of the molecule is c1ccc(-c2cc(-n3c(N4CCOCC4)cc4ccccc43)c3ccccc3c2)cc1. The van der Waals surface area contributed by atoms with Crippen LogP contribution in [0.4, 0.5) is 5.82 Å². The molecule has 0 radical (unpaired) electrons. The van der Waals surface area contributed by atoms with Gasteiger partial charge in [-0.15, -0.1) is 0 Å². The van der Waals surface area contributed by atoms with Gasteiger partial charge in [-0.3, -0.25) is 4.57 Å². The van der Waals surface area contributed by atoms with E-state index in [1.165, 1.54) is 44.3 Å². The Hall–Kier alpha value is -3.56. The minimum atomic E-state index is 0.770. The van der Waals surface area contributed by atoms with Crippen molar-refractivity contribution in [2.45, 2.75) is 0 Å². The smallest absolute Gasteiger partial charge is 0.114 e. The molecule has 0 atom stereocenters. The van der Waals surface area contributed by atoms with Gasteiger partial charge in [0, 0.05) is 23.9 Å². The van der Waals surface area contributed by atoms with Crippen molar-refractivity contribution < 1.29 is 4.74 Å². The summed E-state index contributed by atoms with van der Waals surface area (Å²) in [4.78, 5) is 2.45. The highest BCUT2D eigenvalue weighted by molar-refractivity contribution is 5.98. The molecule has 0 spiro atoms. The third-order valence-corrected chi connectivity index (χ3v) is 6.21. The Balaban J connectivity index is 1.67. The molecule has 1 saturated heterocycles. The van der Waals surface area contributed by atoms with E-state index in [2.05, 4.69) is 107 Å². The quantitative estimate of drug-likeness (QED) is 0.352. The van der Waals surface area contributed by atoms with E-state index in [1.54, 1.807) is 0 Å². The third-order valence-electron chi connectivity index (χ3n) is 6.21. The summed E-state index contributed by atoms with van der Waals surface area (Å²) in [6, 6.07) is 35.0. The summed E-state index contributed by atoms with van der Waals surface area (Å²) in [7, 11) is 0. The van der Waals surface area contributed by atoms with E-state index in [-0.39, 0.29) is 0 Å². The van der Waals surface area contributed by atoms with Gasteiger partial charge in [-0.1, -0.05) is 72.8 Å². The fraction of sp³-hybridized carbons (Fsp3) is 0.143. The van der Waals surface area contributed by atoms with Gasteiger partial charge in [-0.25, -0.2) is 0 Å². The lowest BCUT2D eigenvalue weighted by Gasteiger charge is -2.30. The van der Waals surface area contributed by atoms with Gasteiger partial charge in [0.25, 0.3) is 0 Å². The summed E-state index contributed by atoms with van der Waals surface area (Å²) in [6.07, 6.45) is 0. The molecule has 0 N–H and O–H groups in total. The van der Waals surface area contributed by atoms with Gasteiger partial charge in [-0.05, 0) is 40.8 Å². The maximum Gasteiger partial charge on any atom is 0.114 e. The summed E-state index contributed by atoms with van der Waals surface area (Å²) in [5.41, 5.74) is 4.93. The van der Waals surface area contributed by atoms with Crippen molar-refractivity contribution in [2.24, 2.45) is 0 Å². The molecular formula is C28H24N2O. The first kappa shape index (κ1) is 18.2. The maximum atomic E-state index is 5.64. The summed E-state index contributed by atoms with van der Waals surface area (Å²) in [6.45, 7) is 3.36.